The van der Waals surface area contributed by atoms with Gasteiger partial charge in [0.25, 0.3) is 5.91 Å². The molecule has 0 unspecified atom stereocenters. The van der Waals surface area contributed by atoms with Crippen LogP contribution in [0.3, 0.4) is 0 Å². The van der Waals surface area contributed by atoms with Crippen molar-refractivity contribution in [3.05, 3.63) is 72.6 Å². The average Bonchev–Trinajstić information content (AvgIpc) is 2.46. The van der Waals surface area contributed by atoms with Crippen molar-refractivity contribution in [2.75, 3.05) is 5.32 Å². The van der Waals surface area contributed by atoms with Crippen LogP contribution in [0, 0.1) is 6.92 Å². The summed E-state index contributed by atoms with van der Waals surface area (Å²) < 4.78 is 0. The van der Waals surface area contributed by atoms with Gasteiger partial charge < -0.3 is 15.5 Å². The predicted molar refractivity (Wildman–Crippen MR) is 85.1 cm³/mol. The fourth-order valence-corrected chi connectivity index (χ4v) is 2.27. The van der Waals surface area contributed by atoms with Gasteiger partial charge in [0.05, 0.1) is 5.56 Å². The Morgan fingerprint density at radius 1 is 0.955 bits per heavy atom. The number of fused-ring (bicyclic) bond motifs is 1. The zero-order chi connectivity index (χ0) is 15.7. The second kappa shape index (κ2) is 5.41. The highest BCUT2D eigenvalue weighted by Crippen LogP contribution is 2.28. The second-order valence-corrected chi connectivity index (χ2v) is 4.98. The highest BCUT2D eigenvalue weighted by molar-refractivity contribution is 6.08. The predicted octanol–water partition coefficient (Wildman–Crippen LogP) is 3.56. The minimum atomic E-state index is -0.432. The number of hydrogen-bond donors (Lipinski definition) is 3. The summed E-state index contributed by atoms with van der Waals surface area (Å²) in [6, 6.07) is 14.5. The van der Waals surface area contributed by atoms with Crippen molar-refractivity contribution >= 4 is 22.4 Å². The van der Waals surface area contributed by atoms with Gasteiger partial charge in [0.15, 0.2) is 0 Å². The summed E-state index contributed by atoms with van der Waals surface area (Å²) in [5.74, 6) is -0.485. The van der Waals surface area contributed by atoms with Crippen LogP contribution in [0.5, 0.6) is 11.5 Å². The van der Waals surface area contributed by atoms with E-state index < -0.39 is 5.91 Å². The van der Waals surface area contributed by atoms with Gasteiger partial charge in [0.1, 0.15) is 11.5 Å². The normalized spacial score (nSPS) is 10.6. The fraction of sp³-hybridized carbons (Fsp3) is 0. The maximum absolute atomic E-state index is 12.3. The number of rotatable bonds is 2. The van der Waals surface area contributed by atoms with E-state index in [-0.39, 0.29) is 17.1 Å². The third-order valence-electron chi connectivity index (χ3n) is 3.33. The molecular formula is C18H13NO3. The Bertz CT molecular complexity index is 871. The molecule has 3 aromatic carbocycles. The summed E-state index contributed by atoms with van der Waals surface area (Å²) in [5, 5.41) is 23.6. The lowest BCUT2D eigenvalue weighted by molar-refractivity contribution is 0.102. The van der Waals surface area contributed by atoms with E-state index in [0.717, 1.165) is 5.39 Å². The summed E-state index contributed by atoms with van der Waals surface area (Å²) in [6.07, 6.45) is 0. The minimum Gasteiger partial charge on any atom is -0.508 e. The van der Waals surface area contributed by atoms with Crippen LogP contribution in [0.2, 0.25) is 0 Å². The van der Waals surface area contributed by atoms with Crippen molar-refractivity contribution in [3.8, 4) is 11.5 Å². The highest BCUT2D eigenvalue weighted by atomic mass is 16.3. The molecule has 0 aromatic heterocycles. The van der Waals surface area contributed by atoms with E-state index in [4.69, 9.17) is 6.92 Å². The zero-order valence-electron chi connectivity index (χ0n) is 11.6. The van der Waals surface area contributed by atoms with Crippen LogP contribution in [0.15, 0.2) is 54.6 Å². The molecule has 0 fully saturated rings. The first kappa shape index (κ1) is 13.9. The largest absolute Gasteiger partial charge is 0.508 e. The number of phenolic OH excluding ortho intramolecular Hbond substituents is 2. The van der Waals surface area contributed by atoms with Gasteiger partial charge in [-0.25, -0.2) is 0 Å². The maximum Gasteiger partial charge on any atom is 0.259 e. The lowest BCUT2D eigenvalue weighted by Gasteiger charge is -2.09. The fourth-order valence-electron chi connectivity index (χ4n) is 2.27. The molecule has 1 amide bonds. The van der Waals surface area contributed by atoms with E-state index in [0.29, 0.717) is 16.6 Å². The topological polar surface area (TPSA) is 69.6 Å². The van der Waals surface area contributed by atoms with Gasteiger partial charge in [-0.3, -0.25) is 4.79 Å². The molecular weight excluding hydrogens is 278 g/mol. The lowest BCUT2D eigenvalue weighted by Crippen LogP contribution is -2.12. The second-order valence-electron chi connectivity index (χ2n) is 4.98. The summed E-state index contributed by atoms with van der Waals surface area (Å²) in [5.41, 5.74) is 1.24. The number of aromatic hydroxyl groups is 2. The number of anilines is 1. The van der Waals surface area contributed by atoms with Crippen molar-refractivity contribution in [2.45, 2.75) is 0 Å². The monoisotopic (exact) mass is 291 g/mol. The Morgan fingerprint density at radius 2 is 1.77 bits per heavy atom. The quantitative estimate of drug-likeness (QED) is 0.676. The molecule has 0 spiro atoms. The lowest BCUT2D eigenvalue weighted by atomic mass is 10.0. The highest BCUT2D eigenvalue weighted by Gasteiger charge is 2.13. The van der Waals surface area contributed by atoms with E-state index in [2.05, 4.69) is 5.32 Å². The minimum absolute atomic E-state index is 0.101. The third-order valence-corrected chi connectivity index (χ3v) is 3.33. The number of carbonyl (C=O) groups excluding carboxylic acids is 1. The summed E-state index contributed by atoms with van der Waals surface area (Å²) in [7, 11) is 0. The van der Waals surface area contributed by atoms with Gasteiger partial charge in [0, 0.05) is 5.69 Å². The molecule has 2 radical (unpaired) electrons. The molecule has 3 aromatic rings. The summed E-state index contributed by atoms with van der Waals surface area (Å²) in [6.45, 7) is 5.67. The van der Waals surface area contributed by atoms with Crippen molar-refractivity contribution in [1.29, 1.82) is 0 Å². The molecule has 0 aliphatic heterocycles. The molecule has 4 nitrogen and oxygen atoms in total. The van der Waals surface area contributed by atoms with E-state index in [1.165, 1.54) is 18.2 Å². The van der Waals surface area contributed by atoms with Crippen molar-refractivity contribution in [3.63, 3.8) is 0 Å². The Morgan fingerprint density at radius 3 is 2.55 bits per heavy atom. The molecule has 0 saturated heterocycles. The van der Waals surface area contributed by atoms with Gasteiger partial charge in [-0.2, -0.15) is 0 Å². The Balaban J connectivity index is 1.96. The molecule has 22 heavy (non-hydrogen) atoms. The number of carbonyl (C=O) groups is 1. The van der Waals surface area contributed by atoms with Crippen molar-refractivity contribution in [2.24, 2.45) is 0 Å². The van der Waals surface area contributed by atoms with Crippen LogP contribution in [0.1, 0.15) is 15.9 Å². The van der Waals surface area contributed by atoms with E-state index in [9.17, 15) is 15.0 Å². The molecule has 3 rings (SSSR count). The number of amides is 1. The number of hydrogen-bond acceptors (Lipinski definition) is 3. The van der Waals surface area contributed by atoms with Gasteiger partial charge in [-0.15, -0.1) is 0 Å². The van der Waals surface area contributed by atoms with Crippen molar-refractivity contribution < 1.29 is 15.0 Å². The first-order valence-electron chi connectivity index (χ1n) is 6.65. The first-order valence-corrected chi connectivity index (χ1v) is 6.65. The summed E-state index contributed by atoms with van der Waals surface area (Å²) >= 11 is 0. The molecule has 0 aliphatic rings. The molecule has 0 aliphatic carbocycles. The molecule has 0 bridgehead atoms. The molecule has 0 atom stereocenters. The first-order chi connectivity index (χ1) is 10.5. The van der Waals surface area contributed by atoms with Gasteiger partial charge in [-0.1, -0.05) is 18.2 Å². The molecule has 0 heterocycles. The Kier molecular flexibility index (Phi) is 3.43. The third kappa shape index (κ3) is 2.72. The van der Waals surface area contributed by atoms with Crippen LogP contribution in [0.25, 0.3) is 10.8 Å². The van der Waals surface area contributed by atoms with Gasteiger partial charge >= 0.3 is 0 Å². The van der Waals surface area contributed by atoms with Crippen LogP contribution >= 0.6 is 0 Å². The Hall–Kier alpha value is -3.01. The van der Waals surface area contributed by atoms with E-state index >= 15 is 0 Å². The number of phenols is 2. The Labute approximate surface area is 127 Å². The summed E-state index contributed by atoms with van der Waals surface area (Å²) in [4.78, 5) is 12.3. The molecule has 3 N–H and O–H groups in total. The van der Waals surface area contributed by atoms with E-state index in [1.54, 1.807) is 36.4 Å². The van der Waals surface area contributed by atoms with E-state index in [1.807, 2.05) is 0 Å². The SMILES string of the molecule is [CH]c1cccc(NC(=O)c2cc3ccc(O)cc3cc2O)c1. The smallest absolute Gasteiger partial charge is 0.259 e. The number of benzene rings is 3. The molecule has 4 heteroatoms. The standard InChI is InChI=1S/C18H13NO3/c1-11-3-2-4-14(7-11)19-18(22)16-9-12-5-6-15(20)8-13(12)10-17(16)21/h1-10,20-21H,(H,19,22). The number of nitrogens with one attached hydrogen (secondary N) is 1. The molecule has 108 valence electrons. The van der Waals surface area contributed by atoms with Gasteiger partial charge in [-0.05, 0) is 59.7 Å². The van der Waals surface area contributed by atoms with Crippen LogP contribution in [-0.4, -0.2) is 16.1 Å². The average molecular weight is 291 g/mol. The maximum atomic E-state index is 12.3. The van der Waals surface area contributed by atoms with Crippen molar-refractivity contribution in [1.82, 2.24) is 0 Å². The van der Waals surface area contributed by atoms with Gasteiger partial charge in [0.2, 0.25) is 0 Å². The zero-order valence-corrected chi connectivity index (χ0v) is 11.6. The van der Waals surface area contributed by atoms with Crippen LogP contribution < -0.4 is 5.32 Å². The van der Waals surface area contributed by atoms with Crippen LogP contribution in [-0.2, 0) is 0 Å². The molecule has 0 saturated carbocycles. The van der Waals surface area contributed by atoms with Crippen LogP contribution in [0.4, 0.5) is 5.69 Å².